The number of carbonyl (C=O) groups is 1. The average molecular weight is 197 g/mol. The molecule has 0 saturated carbocycles. The van der Waals surface area contributed by atoms with Gasteiger partial charge in [-0.1, -0.05) is 0 Å². The monoisotopic (exact) mass is 197 g/mol. The first kappa shape index (κ1) is 10.3. The number of carbonyl (C=O) groups excluding carboxylic acids is 1. The molecular formula is C9H12FN3O. The normalized spacial score (nSPS) is 9.64. The van der Waals surface area contributed by atoms with Crippen LogP contribution in [0.15, 0.2) is 18.2 Å². The van der Waals surface area contributed by atoms with E-state index < -0.39 is 11.8 Å². The van der Waals surface area contributed by atoms with Crippen LogP contribution in [0.25, 0.3) is 0 Å². The third-order valence-electron chi connectivity index (χ3n) is 1.73. The van der Waals surface area contributed by atoms with E-state index in [0.717, 1.165) is 5.69 Å². The number of halogens is 1. The molecule has 0 aliphatic rings. The van der Waals surface area contributed by atoms with Crippen molar-refractivity contribution in [1.82, 2.24) is 0 Å². The van der Waals surface area contributed by atoms with Crippen molar-refractivity contribution in [2.45, 2.75) is 0 Å². The second-order valence-electron chi connectivity index (χ2n) is 3.05. The van der Waals surface area contributed by atoms with Gasteiger partial charge in [0.1, 0.15) is 5.82 Å². The van der Waals surface area contributed by atoms with Gasteiger partial charge in [-0.25, -0.2) is 9.18 Å². The Labute approximate surface area is 81.5 Å². The number of nitrogens with two attached hydrogens (primary N) is 1. The molecule has 4 nitrogen and oxygen atoms in total. The SMILES string of the molecule is CN(C)c1ccc(NC(N)=O)c(F)c1. The van der Waals surface area contributed by atoms with Gasteiger partial charge in [-0.15, -0.1) is 0 Å². The molecule has 2 amide bonds. The number of rotatable bonds is 2. The second-order valence-corrected chi connectivity index (χ2v) is 3.05. The van der Waals surface area contributed by atoms with Crippen molar-refractivity contribution in [2.75, 3.05) is 24.3 Å². The van der Waals surface area contributed by atoms with Crippen LogP contribution in [0, 0.1) is 5.82 Å². The molecule has 76 valence electrons. The predicted octanol–water partition coefficient (Wildman–Crippen LogP) is 1.38. The summed E-state index contributed by atoms with van der Waals surface area (Å²) in [6.07, 6.45) is 0. The van der Waals surface area contributed by atoms with Crippen molar-refractivity contribution in [3.8, 4) is 0 Å². The molecule has 0 radical (unpaired) electrons. The minimum Gasteiger partial charge on any atom is -0.378 e. The van der Waals surface area contributed by atoms with Crippen LogP contribution in [0.5, 0.6) is 0 Å². The highest BCUT2D eigenvalue weighted by Crippen LogP contribution is 2.20. The molecule has 0 saturated heterocycles. The van der Waals surface area contributed by atoms with Crippen molar-refractivity contribution in [2.24, 2.45) is 5.73 Å². The number of hydrogen-bond acceptors (Lipinski definition) is 2. The van der Waals surface area contributed by atoms with Crippen LogP contribution >= 0.6 is 0 Å². The zero-order valence-corrected chi connectivity index (χ0v) is 8.04. The topological polar surface area (TPSA) is 58.4 Å². The lowest BCUT2D eigenvalue weighted by molar-refractivity contribution is 0.259. The first-order chi connectivity index (χ1) is 6.50. The number of nitrogens with zero attached hydrogens (tertiary/aromatic N) is 1. The van der Waals surface area contributed by atoms with Gasteiger partial charge in [0.05, 0.1) is 5.69 Å². The Kier molecular flexibility index (Phi) is 2.91. The van der Waals surface area contributed by atoms with E-state index in [4.69, 9.17) is 5.73 Å². The zero-order valence-electron chi connectivity index (χ0n) is 8.04. The molecule has 14 heavy (non-hydrogen) atoms. The lowest BCUT2D eigenvalue weighted by Crippen LogP contribution is -2.20. The first-order valence-electron chi connectivity index (χ1n) is 4.04. The van der Waals surface area contributed by atoms with E-state index in [1.54, 1.807) is 25.1 Å². The summed E-state index contributed by atoms with van der Waals surface area (Å²) in [6, 6.07) is 3.70. The molecular weight excluding hydrogens is 185 g/mol. The van der Waals surface area contributed by atoms with Gasteiger partial charge < -0.3 is 16.0 Å². The minimum absolute atomic E-state index is 0.0862. The summed E-state index contributed by atoms with van der Waals surface area (Å²) in [5.41, 5.74) is 5.67. The van der Waals surface area contributed by atoms with Gasteiger partial charge in [-0.3, -0.25) is 0 Å². The molecule has 0 heterocycles. The van der Waals surface area contributed by atoms with E-state index in [9.17, 15) is 9.18 Å². The summed E-state index contributed by atoms with van der Waals surface area (Å²) in [5, 5.41) is 2.18. The molecule has 1 rings (SSSR count). The van der Waals surface area contributed by atoms with Crippen LogP contribution in [0.3, 0.4) is 0 Å². The largest absolute Gasteiger partial charge is 0.378 e. The third kappa shape index (κ3) is 2.35. The van der Waals surface area contributed by atoms with E-state index >= 15 is 0 Å². The number of amides is 2. The van der Waals surface area contributed by atoms with Gasteiger partial charge in [-0.05, 0) is 18.2 Å². The quantitative estimate of drug-likeness (QED) is 0.752. The second kappa shape index (κ2) is 3.95. The molecule has 0 aromatic heterocycles. The van der Waals surface area contributed by atoms with Crippen molar-refractivity contribution in [1.29, 1.82) is 0 Å². The van der Waals surface area contributed by atoms with Crippen LogP contribution in [-0.4, -0.2) is 20.1 Å². The summed E-state index contributed by atoms with van der Waals surface area (Å²) in [5.74, 6) is -0.505. The zero-order chi connectivity index (χ0) is 10.7. The maximum Gasteiger partial charge on any atom is 0.316 e. The molecule has 0 aliphatic heterocycles. The average Bonchev–Trinajstić information content (AvgIpc) is 2.07. The summed E-state index contributed by atoms with van der Waals surface area (Å²) in [4.78, 5) is 12.2. The fraction of sp³-hybridized carbons (Fsp3) is 0.222. The number of anilines is 2. The number of nitrogens with one attached hydrogen (secondary N) is 1. The van der Waals surface area contributed by atoms with Crippen LogP contribution in [0.1, 0.15) is 0 Å². The molecule has 3 N–H and O–H groups in total. The Balaban J connectivity index is 2.95. The molecule has 5 heteroatoms. The van der Waals surface area contributed by atoms with E-state index in [2.05, 4.69) is 5.32 Å². The highest BCUT2D eigenvalue weighted by molar-refractivity contribution is 5.88. The molecule has 0 fully saturated rings. The Morgan fingerprint density at radius 3 is 2.57 bits per heavy atom. The fourth-order valence-corrected chi connectivity index (χ4v) is 1.02. The van der Waals surface area contributed by atoms with Crippen molar-refractivity contribution < 1.29 is 9.18 Å². The van der Waals surface area contributed by atoms with Gasteiger partial charge in [0, 0.05) is 19.8 Å². The lowest BCUT2D eigenvalue weighted by Gasteiger charge is -2.13. The molecule has 0 aliphatic carbocycles. The van der Waals surface area contributed by atoms with Crippen molar-refractivity contribution in [3.63, 3.8) is 0 Å². The van der Waals surface area contributed by atoms with Gasteiger partial charge in [0.2, 0.25) is 0 Å². The Hall–Kier alpha value is -1.78. The Morgan fingerprint density at radius 2 is 2.14 bits per heavy atom. The summed E-state index contributed by atoms with van der Waals surface area (Å²) in [7, 11) is 3.60. The number of urea groups is 1. The van der Waals surface area contributed by atoms with Crippen LogP contribution in [-0.2, 0) is 0 Å². The lowest BCUT2D eigenvalue weighted by atomic mass is 10.2. The third-order valence-corrected chi connectivity index (χ3v) is 1.73. The first-order valence-corrected chi connectivity index (χ1v) is 4.04. The van der Waals surface area contributed by atoms with Crippen molar-refractivity contribution in [3.05, 3.63) is 24.0 Å². The standard InChI is InChI=1S/C9H12FN3O/c1-13(2)6-3-4-8(7(10)5-6)12-9(11)14/h3-5H,1-2H3,(H3,11,12,14). The van der Waals surface area contributed by atoms with E-state index in [1.807, 2.05) is 0 Å². The Bertz CT molecular complexity index is 352. The fourth-order valence-electron chi connectivity index (χ4n) is 1.02. The van der Waals surface area contributed by atoms with Gasteiger partial charge in [0.15, 0.2) is 0 Å². The highest BCUT2D eigenvalue weighted by atomic mass is 19.1. The van der Waals surface area contributed by atoms with E-state index in [0.29, 0.717) is 0 Å². The predicted molar refractivity (Wildman–Crippen MR) is 53.9 cm³/mol. The summed E-state index contributed by atoms with van der Waals surface area (Å²) >= 11 is 0. The van der Waals surface area contributed by atoms with Gasteiger partial charge in [-0.2, -0.15) is 0 Å². The molecule has 0 atom stereocenters. The highest BCUT2D eigenvalue weighted by Gasteiger charge is 2.05. The number of primary amides is 1. The molecule has 0 spiro atoms. The van der Waals surface area contributed by atoms with Gasteiger partial charge >= 0.3 is 6.03 Å². The number of benzene rings is 1. The molecule has 1 aromatic carbocycles. The number of hydrogen-bond donors (Lipinski definition) is 2. The van der Waals surface area contributed by atoms with Crippen LogP contribution in [0.4, 0.5) is 20.6 Å². The maximum absolute atomic E-state index is 13.3. The van der Waals surface area contributed by atoms with Gasteiger partial charge in [0.25, 0.3) is 0 Å². The van der Waals surface area contributed by atoms with Crippen molar-refractivity contribution >= 4 is 17.4 Å². The summed E-state index contributed by atoms with van der Waals surface area (Å²) in [6.45, 7) is 0. The molecule has 0 unspecified atom stereocenters. The summed E-state index contributed by atoms with van der Waals surface area (Å²) < 4.78 is 13.3. The van der Waals surface area contributed by atoms with Crippen LogP contribution in [0.2, 0.25) is 0 Å². The molecule has 0 bridgehead atoms. The minimum atomic E-state index is -0.776. The Morgan fingerprint density at radius 1 is 1.50 bits per heavy atom. The van der Waals surface area contributed by atoms with E-state index in [1.165, 1.54) is 12.1 Å². The molecule has 1 aromatic rings. The van der Waals surface area contributed by atoms with E-state index in [-0.39, 0.29) is 5.69 Å². The maximum atomic E-state index is 13.3. The smallest absolute Gasteiger partial charge is 0.316 e. The van der Waals surface area contributed by atoms with Crippen LogP contribution < -0.4 is 16.0 Å².